The van der Waals surface area contributed by atoms with E-state index in [1.54, 1.807) is 6.07 Å². The number of hydrogen-bond donors (Lipinski definition) is 2. The zero-order valence-corrected chi connectivity index (χ0v) is 7.85. The minimum atomic E-state index is -0.0843. The van der Waals surface area contributed by atoms with E-state index in [0.717, 1.165) is 11.3 Å². The Hall–Kier alpha value is -1.58. The maximum Gasteiger partial charge on any atom is 0.229 e. The Morgan fingerprint density at radius 2 is 2.46 bits per heavy atom. The van der Waals surface area contributed by atoms with Gasteiger partial charge >= 0.3 is 0 Å². The number of aryl methyl sites for hydroxylation is 1. The maximum absolute atomic E-state index is 11.2. The summed E-state index contributed by atoms with van der Waals surface area (Å²) in [6, 6.07) is 1.77. The van der Waals surface area contributed by atoms with Gasteiger partial charge in [-0.3, -0.25) is 9.89 Å². The summed E-state index contributed by atoms with van der Waals surface area (Å²) in [6.07, 6.45) is 0.339. The summed E-state index contributed by atoms with van der Waals surface area (Å²) in [5.41, 5.74) is 1.76. The molecule has 1 heterocycles. The van der Waals surface area contributed by atoms with Crippen LogP contribution >= 0.6 is 0 Å². The Morgan fingerprint density at radius 3 is 2.92 bits per heavy atom. The topological polar surface area (TPSA) is 57.8 Å². The molecule has 0 saturated heterocycles. The molecule has 1 amide bonds. The third-order valence-electron chi connectivity index (χ3n) is 1.44. The zero-order valence-electron chi connectivity index (χ0n) is 7.85. The monoisotopic (exact) mass is 179 g/mol. The summed E-state index contributed by atoms with van der Waals surface area (Å²) in [5, 5.41) is 9.27. The van der Waals surface area contributed by atoms with Gasteiger partial charge in [-0.05, 0) is 13.8 Å². The first-order valence-corrected chi connectivity index (χ1v) is 4.04. The number of hydrogen-bond acceptors (Lipinski definition) is 2. The Labute approximate surface area is 77.0 Å². The van der Waals surface area contributed by atoms with E-state index in [2.05, 4.69) is 22.1 Å². The Morgan fingerprint density at radius 1 is 1.77 bits per heavy atom. The molecular formula is C9H13N3O. The molecule has 70 valence electrons. The lowest BCUT2D eigenvalue weighted by molar-refractivity contribution is -0.115. The predicted molar refractivity (Wildman–Crippen MR) is 51.4 cm³/mol. The molecule has 0 atom stereocenters. The minimum absolute atomic E-state index is 0.0843. The number of H-pyrrole nitrogens is 1. The van der Waals surface area contributed by atoms with Crippen LogP contribution in [0.15, 0.2) is 18.2 Å². The average Bonchev–Trinajstić information content (AvgIpc) is 2.33. The fourth-order valence-electron chi connectivity index (χ4n) is 0.943. The van der Waals surface area contributed by atoms with E-state index in [1.165, 1.54) is 0 Å². The number of anilines is 1. The largest absolute Gasteiger partial charge is 0.309 e. The predicted octanol–water partition coefficient (Wildman–Crippen LogP) is 1.62. The standard InChI is InChI=1S/C9H13N3O/c1-6(2)4-9(13)10-8-5-7(3)11-12-8/h5H,1,4H2,2-3H3,(H2,10,11,12,13). The number of aromatic nitrogens is 2. The molecule has 0 aliphatic heterocycles. The minimum Gasteiger partial charge on any atom is -0.309 e. The number of nitrogens with one attached hydrogen (secondary N) is 2. The fourth-order valence-corrected chi connectivity index (χ4v) is 0.943. The van der Waals surface area contributed by atoms with E-state index >= 15 is 0 Å². The van der Waals surface area contributed by atoms with Crippen molar-refractivity contribution in [3.05, 3.63) is 23.9 Å². The van der Waals surface area contributed by atoms with E-state index in [9.17, 15) is 4.79 Å². The molecule has 0 saturated carbocycles. The molecule has 1 aromatic heterocycles. The van der Waals surface area contributed by atoms with Gasteiger partial charge in [0.1, 0.15) is 0 Å². The Balaban J connectivity index is 2.50. The third kappa shape index (κ3) is 3.11. The van der Waals surface area contributed by atoms with Gasteiger partial charge in [0.05, 0.1) is 0 Å². The van der Waals surface area contributed by atoms with Crippen LogP contribution in [0.2, 0.25) is 0 Å². The molecule has 2 N–H and O–H groups in total. The number of rotatable bonds is 3. The van der Waals surface area contributed by atoms with Crippen LogP contribution in [0.1, 0.15) is 19.0 Å². The number of carbonyl (C=O) groups is 1. The van der Waals surface area contributed by atoms with Crippen molar-refractivity contribution in [2.45, 2.75) is 20.3 Å². The molecule has 0 aliphatic rings. The second-order valence-corrected chi connectivity index (χ2v) is 3.12. The van der Waals surface area contributed by atoms with Crippen molar-refractivity contribution < 1.29 is 4.79 Å². The number of amides is 1. The molecule has 0 radical (unpaired) electrons. The Bertz CT molecular complexity index is 327. The highest BCUT2D eigenvalue weighted by Crippen LogP contribution is 2.05. The first kappa shape index (κ1) is 9.51. The van der Waals surface area contributed by atoms with E-state index in [4.69, 9.17) is 0 Å². The highest BCUT2D eigenvalue weighted by molar-refractivity contribution is 5.91. The molecule has 4 heteroatoms. The van der Waals surface area contributed by atoms with Gasteiger partial charge in [0.15, 0.2) is 5.82 Å². The van der Waals surface area contributed by atoms with Crippen LogP contribution in [0.5, 0.6) is 0 Å². The molecular weight excluding hydrogens is 166 g/mol. The van der Waals surface area contributed by atoms with Gasteiger partial charge < -0.3 is 5.32 Å². The summed E-state index contributed by atoms with van der Waals surface area (Å²) >= 11 is 0. The van der Waals surface area contributed by atoms with Crippen LogP contribution in [-0.4, -0.2) is 16.1 Å². The van der Waals surface area contributed by atoms with Crippen LogP contribution in [-0.2, 0) is 4.79 Å². The van der Waals surface area contributed by atoms with Crippen molar-refractivity contribution in [1.82, 2.24) is 10.2 Å². The SMILES string of the molecule is C=C(C)CC(=O)Nc1cc(C)[nH]n1. The highest BCUT2D eigenvalue weighted by atomic mass is 16.1. The summed E-state index contributed by atoms with van der Waals surface area (Å²) < 4.78 is 0. The second-order valence-electron chi connectivity index (χ2n) is 3.12. The van der Waals surface area contributed by atoms with Crippen molar-refractivity contribution in [2.24, 2.45) is 0 Å². The van der Waals surface area contributed by atoms with Gasteiger partial charge in [0.2, 0.25) is 5.91 Å². The van der Waals surface area contributed by atoms with Crippen LogP contribution in [0, 0.1) is 6.92 Å². The van der Waals surface area contributed by atoms with Crippen molar-refractivity contribution in [3.8, 4) is 0 Å². The van der Waals surface area contributed by atoms with E-state index in [1.807, 2.05) is 13.8 Å². The summed E-state index contributed by atoms with van der Waals surface area (Å²) in [5.74, 6) is 0.475. The van der Waals surface area contributed by atoms with Gasteiger partial charge in [-0.15, -0.1) is 0 Å². The lowest BCUT2D eigenvalue weighted by Crippen LogP contribution is -2.11. The molecule has 0 aromatic carbocycles. The molecule has 0 unspecified atom stereocenters. The van der Waals surface area contributed by atoms with Gasteiger partial charge in [-0.2, -0.15) is 5.10 Å². The first-order chi connectivity index (χ1) is 6.08. The normalized spacial score (nSPS) is 9.69. The molecule has 1 rings (SSSR count). The highest BCUT2D eigenvalue weighted by Gasteiger charge is 2.03. The van der Waals surface area contributed by atoms with E-state index < -0.39 is 0 Å². The zero-order chi connectivity index (χ0) is 9.84. The van der Waals surface area contributed by atoms with Crippen molar-refractivity contribution >= 4 is 11.7 Å². The van der Waals surface area contributed by atoms with Gasteiger partial charge in [0.25, 0.3) is 0 Å². The quantitative estimate of drug-likeness (QED) is 0.693. The Kier molecular flexibility index (Phi) is 2.84. The van der Waals surface area contributed by atoms with Crippen LogP contribution in [0.4, 0.5) is 5.82 Å². The summed E-state index contributed by atoms with van der Waals surface area (Å²) in [6.45, 7) is 7.34. The summed E-state index contributed by atoms with van der Waals surface area (Å²) in [7, 11) is 0. The molecule has 4 nitrogen and oxygen atoms in total. The van der Waals surface area contributed by atoms with Gasteiger partial charge in [0, 0.05) is 18.2 Å². The molecule has 0 bridgehead atoms. The van der Waals surface area contributed by atoms with Crippen LogP contribution in [0.3, 0.4) is 0 Å². The smallest absolute Gasteiger partial charge is 0.229 e. The fraction of sp³-hybridized carbons (Fsp3) is 0.333. The molecule has 13 heavy (non-hydrogen) atoms. The third-order valence-corrected chi connectivity index (χ3v) is 1.44. The number of nitrogens with zero attached hydrogens (tertiary/aromatic N) is 1. The molecule has 0 aliphatic carbocycles. The maximum atomic E-state index is 11.2. The van der Waals surface area contributed by atoms with Gasteiger partial charge in [-0.1, -0.05) is 12.2 Å². The lowest BCUT2D eigenvalue weighted by atomic mass is 10.2. The number of aromatic amines is 1. The second kappa shape index (κ2) is 3.89. The van der Waals surface area contributed by atoms with Gasteiger partial charge in [-0.25, -0.2) is 0 Å². The van der Waals surface area contributed by atoms with Crippen molar-refractivity contribution in [2.75, 3.05) is 5.32 Å². The van der Waals surface area contributed by atoms with Crippen LogP contribution in [0.25, 0.3) is 0 Å². The number of carbonyl (C=O) groups excluding carboxylic acids is 1. The van der Waals surface area contributed by atoms with Crippen LogP contribution < -0.4 is 5.32 Å². The molecule has 0 fully saturated rings. The molecule has 1 aromatic rings. The average molecular weight is 179 g/mol. The van der Waals surface area contributed by atoms with E-state index in [-0.39, 0.29) is 5.91 Å². The van der Waals surface area contributed by atoms with Crippen molar-refractivity contribution in [3.63, 3.8) is 0 Å². The summed E-state index contributed by atoms with van der Waals surface area (Å²) in [4.78, 5) is 11.2. The lowest BCUT2D eigenvalue weighted by Gasteiger charge is -1.99. The first-order valence-electron chi connectivity index (χ1n) is 4.04. The molecule has 0 spiro atoms. The van der Waals surface area contributed by atoms with Crippen molar-refractivity contribution in [1.29, 1.82) is 0 Å². The van der Waals surface area contributed by atoms with E-state index in [0.29, 0.717) is 12.2 Å².